The normalized spacial score (nSPS) is 19.5. The van der Waals surface area contributed by atoms with Gasteiger partial charge in [-0.1, -0.05) is 18.3 Å². The van der Waals surface area contributed by atoms with Crippen molar-refractivity contribution < 1.29 is 22.7 Å². The molecule has 1 atom stereocenters. The van der Waals surface area contributed by atoms with E-state index in [9.17, 15) is 13.2 Å². The van der Waals surface area contributed by atoms with Gasteiger partial charge < -0.3 is 9.47 Å². The largest absolute Gasteiger partial charge is 0.486 e. The van der Waals surface area contributed by atoms with Crippen LogP contribution in [-0.2, 0) is 21.2 Å². The van der Waals surface area contributed by atoms with Gasteiger partial charge in [0.25, 0.3) is 0 Å². The van der Waals surface area contributed by atoms with E-state index in [0.29, 0.717) is 42.7 Å². The molecule has 1 fully saturated rings. The van der Waals surface area contributed by atoms with Gasteiger partial charge in [-0.2, -0.15) is 4.31 Å². The maximum atomic E-state index is 13.2. The number of carbonyl (C=O) groups is 1. The number of carbonyl (C=O) groups excluding carboxylic acids is 1. The minimum Gasteiger partial charge on any atom is -0.486 e. The van der Waals surface area contributed by atoms with Gasteiger partial charge >= 0.3 is 0 Å². The van der Waals surface area contributed by atoms with Crippen LogP contribution in [0.1, 0.15) is 24.8 Å². The van der Waals surface area contributed by atoms with E-state index in [1.807, 2.05) is 6.92 Å². The van der Waals surface area contributed by atoms with Crippen molar-refractivity contribution in [1.29, 1.82) is 0 Å². The summed E-state index contributed by atoms with van der Waals surface area (Å²) in [6.07, 6.45) is 1.79. The van der Waals surface area contributed by atoms with Gasteiger partial charge in [0.2, 0.25) is 21.1 Å². The van der Waals surface area contributed by atoms with E-state index in [4.69, 9.17) is 9.47 Å². The van der Waals surface area contributed by atoms with Crippen LogP contribution in [0.4, 0.5) is 5.13 Å². The zero-order chi connectivity index (χ0) is 19.7. The first-order valence-corrected chi connectivity index (χ1v) is 11.3. The number of hydrogen-bond acceptors (Lipinski definition) is 8. The zero-order valence-electron chi connectivity index (χ0n) is 15.3. The lowest BCUT2D eigenvalue weighted by Crippen LogP contribution is -2.43. The molecule has 2 aromatic rings. The highest BCUT2D eigenvalue weighted by molar-refractivity contribution is 7.89. The van der Waals surface area contributed by atoms with E-state index in [0.717, 1.165) is 11.4 Å². The SMILES string of the molecule is CCc1nnc(NC(=O)[C@@H]2CCCN2S(=O)(=O)c2ccc3c(c2)OCCO3)s1. The molecule has 2 aliphatic rings. The molecular formula is C17H20N4O5S2. The van der Waals surface area contributed by atoms with Crippen LogP contribution in [-0.4, -0.2) is 54.6 Å². The van der Waals surface area contributed by atoms with E-state index in [2.05, 4.69) is 15.5 Å². The number of anilines is 1. The van der Waals surface area contributed by atoms with Crippen LogP contribution < -0.4 is 14.8 Å². The Bertz CT molecular complexity index is 991. The topological polar surface area (TPSA) is 111 Å². The molecule has 3 heterocycles. The fourth-order valence-corrected chi connectivity index (χ4v) is 5.60. The van der Waals surface area contributed by atoms with Crippen LogP contribution >= 0.6 is 11.3 Å². The molecule has 2 aliphatic heterocycles. The Labute approximate surface area is 166 Å². The van der Waals surface area contributed by atoms with Gasteiger partial charge in [-0.05, 0) is 31.4 Å². The number of fused-ring (bicyclic) bond motifs is 1. The molecule has 0 radical (unpaired) electrons. The Morgan fingerprint density at radius 3 is 2.82 bits per heavy atom. The summed E-state index contributed by atoms with van der Waals surface area (Å²) in [4.78, 5) is 12.8. The fraction of sp³-hybridized carbons (Fsp3) is 0.471. The highest BCUT2D eigenvalue weighted by atomic mass is 32.2. The van der Waals surface area contributed by atoms with Crippen LogP contribution in [0.2, 0.25) is 0 Å². The molecule has 11 heteroatoms. The average molecular weight is 425 g/mol. The fourth-order valence-electron chi connectivity index (χ4n) is 3.25. The van der Waals surface area contributed by atoms with Crippen LogP contribution in [0.5, 0.6) is 11.5 Å². The first kappa shape index (κ1) is 19.1. The molecule has 0 saturated carbocycles. The Morgan fingerprint density at radius 1 is 1.29 bits per heavy atom. The molecule has 0 spiro atoms. The first-order valence-electron chi connectivity index (χ1n) is 9.04. The predicted octanol–water partition coefficient (Wildman–Crippen LogP) is 1.66. The van der Waals surface area contributed by atoms with E-state index in [-0.39, 0.29) is 11.4 Å². The highest BCUT2D eigenvalue weighted by Gasteiger charge is 2.40. The van der Waals surface area contributed by atoms with Crippen LogP contribution in [0.25, 0.3) is 0 Å². The van der Waals surface area contributed by atoms with E-state index < -0.39 is 22.0 Å². The third-order valence-electron chi connectivity index (χ3n) is 4.63. The molecular weight excluding hydrogens is 404 g/mol. The van der Waals surface area contributed by atoms with Crippen molar-refractivity contribution >= 4 is 32.4 Å². The second-order valence-electron chi connectivity index (χ2n) is 6.42. The average Bonchev–Trinajstić information content (AvgIpc) is 3.37. The number of rotatable bonds is 5. The molecule has 1 aromatic heterocycles. The van der Waals surface area contributed by atoms with Gasteiger partial charge in [0.15, 0.2) is 11.5 Å². The van der Waals surface area contributed by atoms with Gasteiger partial charge in [-0.15, -0.1) is 10.2 Å². The number of aromatic nitrogens is 2. The van der Waals surface area contributed by atoms with Crippen LogP contribution in [0.3, 0.4) is 0 Å². The van der Waals surface area contributed by atoms with E-state index in [1.54, 1.807) is 6.07 Å². The van der Waals surface area contributed by atoms with Crippen LogP contribution in [0.15, 0.2) is 23.1 Å². The molecule has 1 saturated heterocycles. The van der Waals surface area contributed by atoms with Crippen molar-refractivity contribution in [3.8, 4) is 11.5 Å². The van der Waals surface area contributed by atoms with Gasteiger partial charge in [-0.3, -0.25) is 10.1 Å². The lowest BCUT2D eigenvalue weighted by atomic mass is 10.2. The number of ether oxygens (including phenoxy) is 2. The van der Waals surface area contributed by atoms with Crippen molar-refractivity contribution in [2.45, 2.75) is 37.1 Å². The lowest BCUT2D eigenvalue weighted by molar-refractivity contribution is -0.119. The summed E-state index contributed by atoms with van der Waals surface area (Å²) >= 11 is 1.29. The third kappa shape index (κ3) is 3.56. The molecule has 1 N–H and O–H groups in total. The maximum absolute atomic E-state index is 13.2. The third-order valence-corrected chi connectivity index (χ3v) is 7.51. The summed E-state index contributed by atoms with van der Waals surface area (Å²) < 4.78 is 38.5. The summed E-state index contributed by atoms with van der Waals surface area (Å²) in [5.74, 6) is 0.523. The molecule has 0 unspecified atom stereocenters. The minimum atomic E-state index is -3.85. The lowest BCUT2D eigenvalue weighted by Gasteiger charge is -2.24. The minimum absolute atomic E-state index is 0.0839. The zero-order valence-corrected chi connectivity index (χ0v) is 16.9. The molecule has 150 valence electrons. The number of nitrogens with one attached hydrogen (secondary N) is 1. The van der Waals surface area contributed by atoms with Gasteiger partial charge in [0, 0.05) is 12.6 Å². The van der Waals surface area contributed by atoms with Crippen molar-refractivity contribution in [2.75, 3.05) is 25.1 Å². The summed E-state index contributed by atoms with van der Waals surface area (Å²) in [6, 6.07) is 3.73. The number of sulfonamides is 1. The van der Waals surface area contributed by atoms with Gasteiger partial charge in [-0.25, -0.2) is 8.42 Å². The van der Waals surface area contributed by atoms with Crippen molar-refractivity contribution in [1.82, 2.24) is 14.5 Å². The summed E-state index contributed by atoms with van der Waals surface area (Å²) in [5, 5.41) is 11.8. The Balaban J connectivity index is 1.55. The molecule has 28 heavy (non-hydrogen) atoms. The maximum Gasteiger partial charge on any atom is 0.244 e. The molecule has 1 aromatic carbocycles. The van der Waals surface area contributed by atoms with Crippen LogP contribution in [0, 0.1) is 0 Å². The predicted molar refractivity (Wildman–Crippen MR) is 102 cm³/mol. The Morgan fingerprint density at radius 2 is 2.07 bits per heavy atom. The summed E-state index contributed by atoms with van der Waals surface area (Å²) in [6.45, 7) is 3.03. The Kier molecular flexibility index (Phi) is 5.21. The van der Waals surface area contributed by atoms with E-state index >= 15 is 0 Å². The molecule has 9 nitrogen and oxygen atoms in total. The molecule has 1 amide bonds. The van der Waals surface area contributed by atoms with Gasteiger partial charge in [0.1, 0.15) is 24.3 Å². The summed E-state index contributed by atoms with van der Waals surface area (Å²) in [7, 11) is -3.85. The number of hydrogen-bond donors (Lipinski definition) is 1. The highest BCUT2D eigenvalue weighted by Crippen LogP contribution is 2.35. The number of amides is 1. The number of aryl methyl sites for hydroxylation is 1. The summed E-state index contributed by atoms with van der Waals surface area (Å²) in [5.41, 5.74) is 0. The standard InChI is InChI=1S/C17H20N4O5S2/c1-2-15-19-20-17(27-15)18-16(22)12-4-3-7-21(12)28(23,24)11-5-6-13-14(10-11)26-9-8-25-13/h5-6,10,12H,2-4,7-9H2,1H3,(H,18,20,22)/t12-/m0/s1. The number of nitrogens with zero attached hydrogens (tertiary/aromatic N) is 3. The Hall–Kier alpha value is -2.24. The van der Waals surface area contributed by atoms with Crippen molar-refractivity contribution in [3.05, 3.63) is 23.2 Å². The second-order valence-corrected chi connectivity index (χ2v) is 9.38. The smallest absolute Gasteiger partial charge is 0.244 e. The number of benzene rings is 1. The first-order chi connectivity index (χ1) is 13.5. The molecule has 0 aliphatic carbocycles. The molecule has 0 bridgehead atoms. The quantitative estimate of drug-likeness (QED) is 0.777. The van der Waals surface area contributed by atoms with Crippen molar-refractivity contribution in [3.63, 3.8) is 0 Å². The second kappa shape index (κ2) is 7.64. The van der Waals surface area contributed by atoms with E-state index in [1.165, 1.54) is 27.8 Å². The van der Waals surface area contributed by atoms with Crippen molar-refractivity contribution in [2.24, 2.45) is 0 Å². The van der Waals surface area contributed by atoms with Gasteiger partial charge in [0.05, 0.1) is 4.90 Å². The molecule has 4 rings (SSSR count). The monoisotopic (exact) mass is 424 g/mol.